The quantitative estimate of drug-likeness (QED) is 0.800. The van der Waals surface area contributed by atoms with Gasteiger partial charge in [0, 0.05) is 11.1 Å². The van der Waals surface area contributed by atoms with Gasteiger partial charge in [0.1, 0.15) is 4.60 Å². The summed E-state index contributed by atoms with van der Waals surface area (Å²) in [6.07, 6.45) is 1.09. The molecule has 0 saturated carbocycles. The molecule has 0 bridgehead atoms. The maximum Gasteiger partial charge on any atom is 0.251 e. The van der Waals surface area contributed by atoms with Crippen molar-refractivity contribution in [3.05, 3.63) is 22.8 Å². The fraction of sp³-hybridized carbons (Fsp3) is 0.125. The van der Waals surface area contributed by atoms with Crippen molar-refractivity contribution in [2.45, 2.75) is 0 Å². The second kappa shape index (κ2) is 3.21. The van der Waals surface area contributed by atoms with Gasteiger partial charge in [0.15, 0.2) is 0 Å². The predicted octanol–water partition coefficient (Wildman–Crippen LogP) is 1.19. The molecule has 1 heterocycles. The van der Waals surface area contributed by atoms with Crippen molar-refractivity contribution >= 4 is 42.5 Å². The standard InChI is InChI=1S/C8H8BrN3O2S/c1-15(13,14)12-7-4-5(10)2-3-6(7)8(9)11-12/h2-4H,10H2,1H3. The molecule has 2 N–H and O–H groups in total. The van der Waals surface area contributed by atoms with Crippen molar-refractivity contribution in [3.8, 4) is 0 Å². The highest BCUT2D eigenvalue weighted by Gasteiger charge is 2.15. The van der Waals surface area contributed by atoms with Crippen LogP contribution in [0.2, 0.25) is 0 Å². The van der Waals surface area contributed by atoms with E-state index in [0.717, 1.165) is 15.7 Å². The Hall–Kier alpha value is -1.08. The van der Waals surface area contributed by atoms with E-state index in [2.05, 4.69) is 21.0 Å². The second-order valence-electron chi connectivity index (χ2n) is 3.17. The fourth-order valence-electron chi connectivity index (χ4n) is 1.32. The zero-order valence-corrected chi connectivity index (χ0v) is 10.2. The van der Waals surface area contributed by atoms with E-state index >= 15 is 0 Å². The van der Waals surface area contributed by atoms with Gasteiger partial charge in [-0.1, -0.05) is 0 Å². The molecule has 0 aliphatic heterocycles. The Kier molecular flexibility index (Phi) is 2.23. The van der Waals surface area contributed by atoms with E-state index in [0.29, 0.717) is 15.8 Å². The van der Waals surface area contributed by atoms with Gasteiger partial charge < -0.3 is 5.73 Å². The van der Waals surface area contributed by atoms with Crippen LogP contribution in [0.25, 0.3) is 10.9 Å². The van der Waals surface area contributed by atoms with E-state index < -0.39 is 10.0 Å². The van der Waals surface area contributed by atoms with Crippen molar-refractivity contribution in [2.24, 2.45) is 0 Å². The molecule has 0 aliphatic rings. The minimum Gasteiger partial charge on any atom is -0.399 e. The van der Waals surface area contributed by atoms with Crippen LogP contribution in [0.3, 0.4) is 0 Å². The van der Waals surface area contributed by atoms with E-state index in [4.69, 9.17) is 5.73 Å². The van der Waals surface area contributed by atoms with Crippen LogP contribution in [0.1, 0.15) is 0 Å². The van der Waals surface area contributed by atoms with E-state index in [9.17, 15) is 8.42 Å². The molecule has 0 unspecified atom stereocenters. The molecule has 1 aromatic carbocycles. The van der Waals surface area contributed by atoms with Crippen LogP contribution < -0.4 is 5.73 Å². The summed E-state index contributed by atoms with van der Waals surface area (Å²) in [5.74, 6) is 0. The van der Waals surface area contributed by atoms with Crippen LogP contribution in [0.15, 0.2) is 22.8 Å². The van der Waals surface area contributed by atoms with Crippen LogP contribution in [0.5, 0.6) is 0 Å². The molecule has 0 saturated heterocycles. The van der Waals surface area contributed by atoms with E-state index in [1.165, 1.54) is 0 Å². The molecule has 0 radical (unpaired) electrons. The van der Waals surface area contributed by atoms with Gasteiger partial charge in [0.2, 0.25) is 0 Å². The first-order chi connectivity index (χ1) is 6.89. The predicted molar refractivity (Wildman–Crippen MR) is 62.1 cm³/mol. The van der Waals surface area contributed by atoms with Gasteiger partial charge in [0.25, 0.3) is 10.0 Å². The molecule has 80 valence electrons. The number of nitrogens with zero attached hydrogens (tertiary/aromatic N) is 2. The average Bonchev–Trinajstić information content (AvgIpc) is 2.42. The first kappa shape index (κ1) is 10.4. The average molecular weight is 290 g/mol. The van der Waals surface area contributed by atoms with E-state index in [1.807, 2.05) is 0 Å². The fourth-order valence-corrected chi connectivity index (χ4v) is 2.66. The van der Waals surface area contributed by atoms with Crippen molar-refractivity contribution in [3.63, 3.8) is 0 Å². The first-order valence-electron chi connectivity index (χ1n) is 4.04. The molecule has 0 atom stereocenters. The zero-order valence-electron chi connectivity index (χ0n) is 7.81. The van der Waals surface area contributed by atoms with E-state index in [1.54, 1.807) is 18.2 Å². The molecular formula is C8H8BrN3O2S. The Morgan fingerprint density at radius 1 is 1.47 bits per heavy atom. The highest BCUT2D eigenvalue weighted by molar-refractivity contribution is 9.10. The smallest absolute Gasteiger partial charge is 0.251 e. The van der Waals surface area contributed by atoms with Crippen molar-refractivity contribution in [1.82, 2.24) is 9.19 Å². The third kappa shape index (κ3) is 1.72. The van der Waals surface area contributed by atoms with Crippen LogP contribution in [-0.4, -0.2) is 23.9 Å². The molecule has 1 aromatic heterocycles. The van der Waals surface area contributed by atoms with Gasteiger partial charge >= 0.3 is 0 Å². The second-order valence-corrected chi connectivity index (χ2v) is 5.74. The molecule has 0 fully saturated rings. The van der Waals surface area contributed by atoms with Crippen molar-refractivity contribution < 1.29 is 8.42 Å². The molecule has 2 rings (SSSR count). The summed E-state index contributed by atoms with van der Waals surface area (Å²) in [5.41, 5.74) is 6.57. The number of benzene rings is 1. The number of hydrogen-bond donors (Lipinski definition) is 1. The summed E-state index contributed by atoms with van der Waals surface area (Å²) in [7, 11) is -3.41. The van der Waals surface area contributed by atoms with Gasteiger partial charge in [-0.25, -0.2) is 8.42 Å². The number of fused-ring (bicyclic) bond motifs is 1. The molecule has 0 amide bonds. The number of halogens is 1. The number of nitrogen functional groups attached to an aromatic ring is 1. The molecule has 0 spiro atoms. The van der Waals surface area contributed by atoms with Crippen LogP contribution in [-0.2, 0) is 10.0 Å². The summed E-state index contributed by atoms with van der Waals surface area (Å²) >= 11 is 3.20. The highest BCUT2D eigenvalue weighted by Crippen LogP contribution is 2.25. The minimum atomic E-state index is -3.41. The maximum atomic E-state index is 11.4. The molecule has 15 heavy (non-hydrogen) atoms. The van der Waals surface area contributed by atoms with Crippen molar-refractivity contribution in [1.29, 1.82) is 0 Å². The highest BCUT2D eigenvalue weighted by atomic mass is 79.9. The number of hydrogen-bond acceptors (Lipinski definition) is 4. The zero-order chi connectivity index (χ0) is 11.2. The Morgan fingerprint density at radius 3 is 2.73 bits per heavy atom. The van der Waals surface area contributed by atoms with Gasteiger partial charge in [-0.3, -0.25) is 0 Å². The summed E-state index contributed by atoms with van der Waals surface area (Å²) < 4.78 is 24.3. The molecular weight excluding hydrogens is 282 g/mol. The third-order valence-electron chi connectivity index (χ3n) is 1.94. The molecule has 0 aliphatic carbocycles. The van der Waals surface area contributed by atoms with Crippen molar-refractivity contribution in [2.75, 3.05) is 12.0 Å². The van der Waals surface area contributed by atoms with E-state index in [-0.39, 0.29) is 0 Å². The lowest BCUT2D eigenvalue weighted by Crippen LogP contribution is -2.11. The molecule has 5 nitrogen and oxygen atoms in total. The summed E-state index contributed by atoms with van der Waals surface area (Å²) in [4.78, 5) is 0. The Balaban J connectivity index is 2.94. The first-order valence-corrected chi connectivity index (χ1v) is 6.68. The Bertz CT molecular complexity index is 633. The number of anilines is 1. The number of nitrogens with two attached hydrogens (primary N) is 1. The molecule has 7 heteroatoms. The van der Waals surface area contributed by atoms with Crippen LogP contribution in [0, 0.1) is 0 Å². The normalized spacial score (nSPS) is 12.1. The van der Waals surface area contributed by atoms with Gasteiger partial charge in [0.05, 0.1) is 11.8 Å². The topological polar surface area (TPSA) is 78.0 Å². The van der Waals surface area contributed by atoms with Crippen LogP contribution >= 0.6 is 15.9 Å². The number of aromatic nitrogens is 2. The number of rotatable bonds is 1. The lowest BCUT2D eigenvalue weighted by molar-refractivity contribution is 0.588. The van der Waals surface area contributed by atoms with Gasteiger partial charge in [-0.2, -0.15) is 4.09 Å². The van der Waals surface area contributed by atoms with Crippen LogP contribution in [0.4, 0.5) is 5.69 Å². The largest absolute Gasteiger partial charge is 0.399 e. The SMILES string of the molecule is CS(=O)(=O)n1nc(Br)c2ccc(N)cc21. The lowest BCUT2D eigenvalue weighted by Gasteiger charge is -1.99. The lowest BCUT2D eigenvalue weighted by atomic mass is 10.2. The summed E-state index contributed by atoms with van der Waals surface area (Å²) in [5, 5.41) is 4.61. The Morgan fingerprint density at radius 2 is 2.13 bits per heavy atom. The monoisotopic (exact) mass is 289 g/mol. The third-order valence-corrected chi connectivity index (χ3v) is 3.44. The minimum absolute atomic E-state index is 0.476. The summed E-state index contributed by atoms with van der Waals surface area (Å²) in [6.45, 7) is 0. The van der Waals surface area contributed by atoms with Gasteiger partial charge in [-0.15, -0.1) is 5.10 Å². The maximum absolute atomic E-state index is 11.4. The Labute approximate surface area is 95.1 Å². The summed E-state index contributed by atoms with van der Waals surface area (Å²) in [6, 6.07) is 5.00. The molecule has 2 aromatic rings. The van der Waals surface area contributed by atoms with Gasteiger partial charge in [-0.05, 0) is 34.1 Å².